The van der Waals surface area contributed by atoms with Crippen LogP contribution in [0, 0.1) is 5.82 Å². The summed E-state index contributed by atoms with van der Waals surface area (Å²) in [4.78, 5) is 15.9. The molecule has 0 bridgehead atoms. The number of ether oxygens (including phenoxy) is 1. The zero-order chi connectivity index (χ0) is 22.0. The molecular formula is C22H13ClFNO5S. The summed E-state index contributed by atoms with van der Waals surface area (Å²) < 4.78 is 48.3. The van der Waals surface area contributed by atoms with Crippen molar-refractivity contribution in [2.45, 2.75) is 4.90 Å². The second-order valence-electron chi connectivity index (χ2n) is 6.40. The summed E-state index contributed by atoms with van der Waals surface area (Å²) >= 11 is 5.77. The Labute approximate surface area is 182 Å². The lowest BCUT2D eigenvalue weighted by molar-refractivity contribution is -0.115. The van der Waals surface area contributed by atoms with Gasteiger partial charge in [0.05, 0.1) is 0 Å². The number of rotatable bonds is 5. The fraction of sp³-hybridized carbons (Fsp3) is 0. The zero-order valence-corrected chi connectivity index (χ0v) is 17.2. The quantitative estimate of drug-likeness (QED) is 0.413. The number of benzene rings is 3. The molecule has 0 saturated heterocycles. The summed E-state index contributed by atoms with van der Waals surface area (Å²) in [6.07, 6.45) is 1.46. The van der Waals surface area contributed by atoms with Crippen LogP contribution in [0.2, 0.25) is 5.02 Å². The molecule has 156 valence electrons. The molecule has 3 aromatic carbocycles. The molecule has 0 N–H and O–H groups in total. The molecule has 31 heavy (non-hydrogen) atoms. The first-order valence-electron chi connectivity index (χ1n) is 8.89. The lowest BCUT2D eigenvalue weighted by atomic mass is 10.2. The van der Waals surface area contributed by atoms with Crippen molar-refractivity contribution in [2.24, 2.45) is 4.99 Å². The summed E-state index contributed by atoms with van der Waals surface area (Å²) in [5.74, 6) is -0.833. The van der Waals surface area contributed by atoms with Crippen LogP contribution >= 0.6 is 11.6 Å². The predicted molar refractivity (Wildman–Crippen MR) is 113 cm³/mol. The molecule has 1 amide bonds. The molecule has 0 aromatic heterocycles. The number of hydrogen-bond acceptors (Lipinski definition) is 5. The number of halogens is 2. The van der Waals surface area contributed by atoms with Crippen molar-refractivity contribution in [1.29, 1.82) is 0 Å². The Morgan fingerprint density at radius 3 is 2.23 bits per heavy atom. The van der Waals surface area contributed by atoms with Crippen molar-refractivity contribution < 1.29 is 26.5 Å². The monoisotopic (exact) mass is 457 g/mol. The fourth-order valence-electron chi connectivity index (χ4n) is 2.67. The highest BCUT2D eigenvalue weighted by Crippen LogP contribution is 2.23. The highest BCUT2D eigenvalue weighted by Gasteiger charge is 2.24. The molecule has 1 heterocycles. The highest BCUT2D eigenvalue weighted by atomic mass is 35.5. The summed E-state index contributed by atoms with van der Waals surface area (Å²) in [6, 6.07) is 17.0. The number of carbonyl (C=O) groups is 1. The van der Waals surface area contributed by atoms with E-state index in [0.717, 1.165) is 0 Å². The molecule has 1 aliphatic rings. The molecule has 0 unspecified atom stereocenters. The largest absolute Gasteiger partial charge is 0.432 e. The lowest BCUT2D eigenvalue weighted by Gasteiger charge is -2.07. The molecule has 9 heteroatoms. The van der Waals surface area contributed by atoms with Gasteiger partial charge in [0.2, 0.25) is 5.90 Å². The van der Waals surface area contributed by atoms with E-state index in [1.54, 1.807) is 12.1 Å². The van der Waals surface area contributed by atoms with Crippen LogP contribution in [0.25, 0.3) is 6.08 Å². The maximum atomic E-state index is 13.1. The molecule has 6 nitrogen and oxygen atoms in total. The third kappa shape index (κ3) is 4.82. The first-order chi connectivity index (χ1) is 14.8. The number of nitrogens with zero attached hydrogens (tertiary/aromatic N) is 1. The van der Waals surface area contributed by atoms with E-state index < -0.39 is 21.8 Å². The van der Waals surface area contributed by atoms with Gasteiger partial charge in [-0.15, -0.1) is 0 Å². The van der Waals surface area contributed by atoms with Gasteiger partial charge in [-0.1, -0.05) is 23.7 Å². The molecule has 3 aromatic rings. The third-order valence-corrected chi connectivity index (χ3v) is 5.71. The summed E-state index contributed by atoms with van der Waals surface area (Å²) in [5, 5.41) is 0.409. The molecule has 0 aliphatic carbocycles. The fourth-order valence-corrected chi connectivity index (χ4v) is 3.73. The van der Waals surface area contributed by atoms with Crippen molar-refractivity contribution in [2.75, 3.05) is 0 Å². The Kier molecular flexibility index (Phi) is 5.58. The van der Waals surface area contributed by atoms with Crippen LogP contribution in [0.4, 0.5) is 4.39 Å². The second-order valence-corrected chi connectivity index (χ2v) is 8.38. The van der Waals surface area contributed by atoms with Crippen molar-refractivity contribution in [3.8, 4) is 5.75 Å². The van der Waals surface area contributed by atoms with E-state index in [-0.39, 0.29) is 22.3 Å². The predicted octanol–water partition coefficient (Wildman–Crippen LogP) is 4.59. The Bertz CT molecular complexity index is 1300. The van der Waals surface area contributed by atoms with Gasteiger partial charge in [0.1, 0.15) is 16.5 Å². The van der Waals surface area contributed by atoms with Crippen LogP contribution in [0.5, 0.6) is 5.75 Å². The molecule has 1 aliphatic heterocycles. The molecule has 0 radical (unpaired) electrons. The van der Waals surface area contributed by atoms with Crippen molar-refractivity contribution >= 4 is 39.6 Å². The van der Waals surface area contributed by atoms with Gasteiger partial charge in [-0.3, -0.25) is 4.79 Å². The Morgan fingerprint density at radius 2 is 1.58 bits per heavy atom. The van der Waals surface area contributed by atoms with Gasteiger partial charge in [-0.05, 0) is 72.3 Å². The van der Waals surface area contributed by atoms with Crippen LogP contribution < -0.4 is 4.18 Å². The van der Waals surface area contributed by atoms with Crippen molar-refractivity contribution in [3.05, 3.63) is 101 Å². The van der Waals surface area contributed by atoms with Crippen molar-refractivity contribution in [3.63, 3.8) is 0 Å². The zero-order valence-electron chi connectivity index (χ0n) is 15.7. The van der Waals surface area contributed by atoms with Gasteiger partial charge < -0.3 is 8.92 Å². The third-order valence-electron chi connectivity index (χ3n) is 4.20. The number of aliphatic imine (C=N–C) groups is 1. The molecule has 0 saturated carbocycles. The van der Waals surface area contributed by atoms with Gasteiger partial charge in [-0.2, -0.15) is 13.4 Å². The van der Waals surface area contributed by atoms with E-state index in [2.05, 4.69) is 4.99 Å². The van der Waals surface area contributed by atoms with Gasteiger partial charge in [0.15, 0.2) is 5.76 Å². The average molecular weight is 458 g/mol. The van der Waals surface area contributed by atoms with Gasteiger partial charge in [0.25, 0.3) is 0 Å². The number of amides is 1. The number of carbonyl (C=O) groups excluding carboxylic acids is 1. The van der Waals surface area contributed by atoms with Crippen LogP contribution in [-0.2, 0) is 19.6 Å². The van der Waals surface area contributed by atoms with Crippen LogP contribution in [0.3, 0.4) is 0 Å². The first kappa shape index (κ1) is 20.8. The van der Waals surface area contributed by atoms with E-state index in [9.17, 15) is 17.6 Å². The maximum Gasteiger partial charge on any atom is 0.339 e. The second kappa shape index (κ2) is 8.33. The molecule has 4 rings (SSSR count). The lowest BCUT2D eigenvalue weighted by Crippen LogP contribution is -2.09. The summed E-state index contributed by atoms with van der Waals surface area (Å²) in [6.45, 7) is 0. The maximum absolute atomic E-state index is 13.1. The first-order valence-corrected chi connectivity index (χ1v) is 10.7. The van der Waals surface area contributed by atoms with E-state index >= 15 is 0 Å². The smallest absolute Gasteiger partial charge is 0.339 e. The normalized spacial score (nSPS) is 15.0. The average Bonchev–Trinajstić information content (AvgIpc) is 3.10. The highest BCUT2D eigenvalue weighted by molar-refractivity contribution is 7.87. The molecule has 0 fully saturated rings. The van der Waals surface area contributed by atoms with E-state index in [0.29, 0.717) is 16.1 Å². The summed E-state index contributed by atoms with van der Waals surface area (Å²) in [7, 11) is -4.01. The van der Waals surface area contributed by atoms with E-state index in [1.165, 1.54) is 66.7 Å². The Morgan fingerprint density at radius 1 is 0.935 bits per heavy atom. The van der Waals surface area contributed by atoms with E-state index in [4.69, 9.17) is 20.5 Å². The van der Waals surface area contributed by atoms with Crippen molar-refractivity contribution in [1.82, 2.24) is 0 Å². The Balaban J connectivity index is 1.47. The van der Waals surface area contributed by atoms with Crippen LogP contribution in [0.15, 0.2) is 88.4 Å². The minimum atomic E-state index is -4.01. The minimum absolute atomic E-state index is 0.0122. The molecular weight excluding hydrogens is 445 g/mol. The Hall–Kier alpha value is -3.49. The minimum Gasteiger partial charge on any atom is -0.432 e. The van der Waals surface area contributed by atoms with E-state index in [1.807, 2.05) is 0 Å². The van der Waals surface area contributed by atoms with Gasteiger partial charge >= 0.3 is 16.0 Å². The van der Waals surface area contributed by atoms with Crippen LogP contribution in [-0.4, -0.2) is 20.2 Å². The molecule has 0 atom stereocenters. The van der Waals surface area contributed by atoms with Gasteiger partial charge in [-0.25, -0.2) is 4.39 Å². The van der Waals surface area contributed by atoms with Gasteiger partial charge in [0, 0.05) is 10.6 Å². The molecule has 0 spiro atoms. The topological polar surface area (TPSA) is 82.0 Å². The SMILES string of the molecule is O=C1N=C(c2ccc(F)cc2)O/C1=C/c1ccc(OS(=O)(=O)c2ccc(Cl)cc2)cc1. The summed E-state index contributed by atoms with van der Waals surface area (Å²) in [5.41, 5.74) is 1.03. The van der Waals surface area contributed by atoms with Crippen LogP contribution in [0.1, 0.15) is 11.1 Å². The number of hydrogen-bond donors (Lipinski definition) is 0. The standard InChI is InChI=1S/C22H13ClFNO5S/c23-16-5-11-19(12-6-16)31(27,28)30-18-9-1-14(2-10-18)13-20-21(26)25-22(29-20)15-3-7-17(24)8-4-15/h1-13H/b20-13+.